The van der Waals surface area contributed by atoms with Crippen LogP contribution >= 0.6 is 12.4 Å². The molecule has 3 aromatic rings. The number of methoxy groups -OCH3 is 2. The number of aliphatic hydroxyl groups is 3. The Morgan fingerprint density at radius 2 is 0.721 bits per heavy atom. The summed E-state index contributed by atoms with van der Waals surface area (Å²) < 4.78 is 10.5. The van der Waals surface area contributed by atoms with E-state index in [4.69, 9.17) is 9.47 Å². The van der Waals surface area contributed by atoms with E-state index in [1.54, 1.807) is 14.2 Å². The third-order valence-electron chi connectivity index (χ3n) is 13.3. The number of ether oxygens (including phenoxy) is 2. The van der Waals surface area contributed by atoms with E-state index in [2.05, 4.69) is 67.2 Å². The van der Waals surface area contributed by atoms with E-state index in [-0.39, 0.29) is 30.2 Å². The van der Waals surface area contributed by atoms with Crippen molar-refractivity contribution in [3.05, 3.63) is 95.1 Å². The predicted molar refractivity (Wildman–Crippen MR) is 253 cm³/mol. The molecule has 1 unspecified atom stereocenters. The zero-order valence-corrected chi connectivity index (χ0v) is 39.6. The number of carbonyl (C=O) groups excluding carboxylic acids is 1. The van der Waals surface area contributed by atoms with Gasteiger partial charge in [0.05, 0.1) is 31.0 Å². The number of hydrogen-bond donors (Lipinski definition) is 3. The fourth-order valence-electron chi connectivity index (χ4n) is 9.87. The Morgan fingerprint density at radius 1 is 0.475 bits per heavy atom. The second kappa shape index (κ2) is 25.3. The Labute approximate surface area is 375 Å². The molecule has 0 saturated heterocycles. The summed E-state index contributed by atoms with van der Waals surface area (Å²) in [6.45, 7) is 2.59. The molecule has 0 heterocycles. The molecule has 6 rings (SSSR count). The molecule has 3 saturated carbocycles. The lowest BCUT2D eigenvalue weighted by atomic mass is 9.72. The summed E-state index contributed by atoms with van der Waals surface area (Å²) in [5.41, 5.74) is 2.52. The molecule has 3 atom stereocenters. The molecule has 10 heteroatoms. The molecule has 0 aliphatic heterocycles. The monoisotopic (exact) mass is 866 g/mol. The topological polar surface area (TPSA) is 106 Å². The van der Waals surface area contributed by atoms with Gasteiger partial charge in [-0.1, -0.05) is 106 Å². The lowest BCUT2D eigenvalue weighted by Crippen LogP contribution is -2.42. The smallest absolute Gasteiger partial charge is 0.150 e. The van der Waals surface area contributed by atoms with Gasteiger partial charge in [-0.15, -0.1) is 12.4 Å². The van der Waals surface area contributed by atoms with Gasteiger partial charge < -0.3 is 39.5 Å². The van der Waals surface area contributed by atoms with Crippen LogP contribution in [0.3, 0.4) is 0 Å². The van der Waals surface area contributed by atoms with Gasteiger partial charge in [-0.05, 0) is 122 Å². The van der Waals surface area contributed by atoms with Crippen LogP contribution in [0.4, 0.5) is 0 Å². The molecule has 3 aliphatic carbocycles. The highest BCUT2D eigenvalue weighted by molar-refractivity contribution is 5.85. The Hall–Kier alpha value is -3.02. The normalized spacial score (nSPS) is 19.5. The van der Waals surface area contributed by atoms with E-state index >= 15 is 0 Å². The average Bonchev–Trinajstić information content (AvgIpc) is 3.25. The van der Waals surface area contributed by atoms with Crippen molar-refractivity contribution in [2.75, 3.05) is 76.1 Å². The van der Waals surface area contributed by atoms with Gasteiger partial charge in [0, 0.05) is 43.0 Å². The van der Waals surface area contributed by atoms with Crippen LogP contribution in [0.1, 0.15) is 141 Å². The van der Waals surface area contributed by atoms with E-state index in [9.17, 15) is 20.1 Å². The van der Waals surface area contributed by atoms with E-state index in [1.165, 1.54) is 30.4 Å². The Morgan fingerprint density at radius 3 is 0.934 bits per heavy atom. The highest BCUT2D eigenvalue weighted by atomic mass is 35.5. The van der Waals surface area contributed by atoms with Crippen LogP contribution in [0.25, 0.3) is 0 Å². The number of aldehydes is 1. The number of likely N-dealkylation sites (N-methyl/N-ethyl adjacent to an activating group) is 3. The fraction of sp³-hybridized carbons (Fsp3) is 0.627. The minimum atomic E-state index is -0.606. The minimum Gasteiger partial charge on any atom is -0.497 e. The van der Waals surface area contributed by atoms with Gasteiger partial charge in [0.2, 0.25) is 0 Å². The summed E-state index contributed by atoms with van der Waals surface area (Å²) in [5, 5.41) is 33.3. The van der Waals surface area contributed by atoms with Crippen molar-refractivity contribution in [1.29, 1.82) is 0 Å². The van der Waals surface area contributed by atoms with Crippen LogP contribution in [0.2, 0.25) is 0 Å². The van der Waals surface area contributed by atoms with E-state index in [1.807, 2.05) is 62.6 Å². The van der Waals surface area contributed by atoms with Gasteiger partial charge in [0.1, 0.15) is 17.8 Å². The zero-order chi connectivity index (χ0) is 43.8. The Bertz CT molecular complexity index is 1570. The van der Waals surface area contributed by atoms with Crippen molar-refractivity contribution in [2.45, 2.75) is 131 Å². The summed E-state index contributed by atoms with van der Waals surface area (Å²) in [5.74, 6) is 2.19. The van der Waals surface area contributed by atoms with Crippen molar-refractivity contribution >= 4 is 18.7 Å². The summed E-state index contributed by atoms with van der Waals surface area (Å²) in [4.78, 5) is 17.2. The first-order valence-electron chi connectivity index (χ1n) is 22.6. The first-order chi connectivity index (χ1) is 28.6. The lowest BCUT2D eigenvalue weighted by molar-refractivity contribution is -0.0280. The molecule has 342 valence electrons. The van der Waals surface area contributed by atoms with Gasteiger partial charge >= 0.3 is 0 Å². The number of carbonyl (C=O) groups is 1. The molecule has 3 aromatic carbocycles. The number of rotatable bonds is 15. The van der Waals surface area contributed by atoms with Gasteiger partial charge in [-0.3, -0.25) is 4.79 Å². The SMILES string of the molecule is CN(C)CC(c1ccc(C=O)cc1)C1(O)CCCCC1.COc1ccc([C@H](CN(C)C)C2(O)CCCCC2)cc1.COc1ccc([C@H](CN(C)C)C2(O)CCCCC2)cc1.Cl. The second-order valence-electron chi connectivity index (χ2n) is 18.8. The Kier molecular flexibility index (Phi) is 21.7. The standard InChI is InChI=1S/2C17H27NO2.C17H25NO2.ClH/c2*1-18(2)13-16(17(19)11-5-4-6-12-17)14-7-9-15(20-3)10-8-14;1-18(2)12-16(17(20)10-4-3-5-11-17)15-8-6-14(13-19)7-9-15;/h2*7-10,16,19H,4-6,11-13H2,1-3H3;6-9,13,16,20H,3-5,10-12H2,1-2H3;1H/t2*16-;;/m00../s1. The first-order valence-corrected chi connectivity index (χ1v) is 22.6. The zero-order valence-electron chi connectivity index (χ0n) is 38.8. The molecular weight excluding hydrogens is 786 g/mol. The maximum absolute atomic E-state index is 11.1. The summed E-state index contributed by atoms with van der Waals surface area (Å²) in [6.07, 6.45) is 16.7. The van der Waals surface area contributed by atoms with Gasteiger partial charge in [-0.2, -0.15) is 0 Å². The fourth-order valence-corrected chi connectivity index (χ4v) is 9.87. The predicted octanol–water partition coefficient (Wildman–Crippen LogP) is 9.33. The largest absolute Gasteiger partial charge is 0.497 e. The van der Waals surface area contributed by atoms with Gasteiger partial charge in [-0.25, -0.2) is 0 Å². The number of hydrogen-bond acceptors (Lipinski definition) is 9. The highest BCUT2D eigenvalue weighted by Crippen LogP contribution is 2.43. The molecule has 3 N–H and O–H groups in total. The second-order valence-corrected chi connectivity index (χ2v) is 18.8. The molecule has 61 heavy (non-hydrogen) atoms. The molecule has 3 aliphatic rings. The highest BCUT2D eigenvalue weighted by Gasteiger charge is 2.41. The molecule has 0 amide bonds. The molecule has 9 nitrogen and oxygen atoms in total. The van der Waals surface area contributed by atoms with Crippen molar-refractivity contribution < 1.29 is 29.6 Å². The lowest BCUT2D eigenvalue weighted by Gasteiger charge is -2.40. The minimum absolute atomic E-state index is 0. The van der Waals surface area contributed by atoms with Crippen molar-refractivity contribution in [3.63, 3.8) is 0 Å². The van der Waals surface area contributed by atoms with E-state index < -0.39 is 16.8 Å². The van der Waals surface area contributed by atoms with Crippen LogP contribution in [0.15, 0.2) is 72.8 Å². The van der Waals surface area contributed by atoms with Crippen molar-refractivity contribution in [1.82, 2.24) is 14.7 Å². The van der Waals surface area contributed by atoms with E-state index in [0.717, 1.165) is 120 Å². The molecule has 0 spiro atoms. The maximum Gasteiger partial charge on any atom is 0.150 e. The van der Waals surface area contributed by atoms with Crippen molar-refractivity contribution in [2.24, 2.45) is 0 Å². The number of halogens is 1. The summed E-state index contributed by atoms with van der Waals surface area (Å²) in [6, 6.07) is 24.0. The Balaban J connectivity index is 0.000000242. The van der Waals surface area contributed by atoms with Crippen LogP contribution in [-0.4, -0.2) is 129 Å². The van der Waals surface area contributed by atoms with Crippen LogP contribution < -0.4 is 9.47 Å². The average molecular weight is 867 g/mol. The van der Waals surface area contributed by atoms with Crippen LogP contribution in [0, 0.1) is 0 Å². The molecule has 0 bridgehead atoms. The van der Waals surface area contributed by atoms with Gasteiger partial charge in [0.25, 0.3) is 0 Å². The van der Waals surface area contributed by atoms with Crippen molar-refractivity contribution in [3.8, 4) is 11.5 Å². The maximum atomic E-state index is 11.1. The number of nitrogens with zero attached hydrogens (tertiary/aromatic N) is 3. The quantitative estimate of drug-likeness (QED) is 0.129. The third kappa shape index (κ3) is 15.6. The molecule has 0 aromatic heterocycles. The van der Waals surface area contributed by atoms with Crippen LogP contribution in [-0.2, 0) is 0 Å². The third-order valence-corrected chi connectivity index (χ3v) is 13.3. The van der Waals surface area contributed by atoms with Crippen LogP contribution in [0.5, 0.6) is 11.5 Å². The summed E-state index contributed by atoms with van der Waals surface area (Å²) >= 11 is 0. The number of benzene rings is 3. The van der Waals surface area contributed by atoms with E-state index in [0.29, 0.717) is 5.56 Å². The first kappa shape index (κ1) is 52.3. The molecule has 3 fully saturated rings. The molecular formula is C51H80ClN3O6. The summed E-state index contributed by atoms with van der Waals surface area (Å²) in [7, 11) is 15.7. The molecule has 0 radical (unpaired) electrons. The van der Waals surface area contributed by atoms with Gasteiger partial charge in [0.15, 0.2) is 0 Å².